The van der Waals surface area contributed by atoms with Gasteiger partial charge in [0.25, 0.3) is 0 Å². The Morgan fingerprint density at radius 3 is 1.59 bits per heavy atom. The van der Waals surface area contributed by atoms with Crippen molar-refractivity contribution in [2.45, 2.75) is 25.2 Å². The van der Waals surface area contributed by atoms with Crippen LogP contribution in [0.2, 0.25) is 0 Å². The molecule has 12 heteroatoms. The van der Waals surface area contributed by atoms with Gasteiger partial charge in [0.15, 0.2) is 0 Å². The highest BCUT2D eigenvalue weighted by Gasteiger charge is 2.42. The predicted octanol–water partition coefficient (Wildman–Crippen LogP) is 5.78. The van der Waals surface area contributed by atoms with E-state index in [9.17, 15) is 45.0 Å². The van der Waals surface area contributed by atoms with Gasteiger partial charge < -0.3 is 14.6 Å². The van der Waals surface area contributed by atoms with Crippen molar-refractivity contribution in [3.05, 3.63) is 47.5 Å². The quantitative estimate of drug-likeness (QED) is 0.380. The Balaban J connectivity index is 2.33. The van der Waals surface area contributed by atoms with Gasteiger partial charge in [-0.2, -0.15) is 35.1 Å². The first-order valence-corrected chi connectivity index (χ1v) is 7.48. The van der Waals surface area contributed by atoms with Crippen LogP contribution in [0.1, 0.15) is 18.1 Å². The van der Waals surface area contributed by atoms with E-state index >= 15 is 0 Å². The molecule has 2 rings (SSSR count). The highest BCUT2D eigenvalue weighted by atomic mass is 19.4. The lowest BCUT2D eigenvalue weighted by Gasteiger charge is -2.17. The topological polar surface area (TPSA) is 55.8 Å². The van der Waals surface area contributed by atoms with Crippen molar-refractivity contribution in [2.75, 3.05) is 0 Å². The van der Waals surface area contributed by atoms with Gasteiger partial charge in [0, 0.05) is 6.92 Å². The van der Waals surface area contributed by atoms with Crippen LogP contribution in [-0.4, -0.2) is 17.0 Å². The normalized spacial score (nSPS) is 12.6. The summed E-state index contributed by atoms with van der Waals surface area (Å²) in [6, 6.07) is 4.13. The number of phenolic OH excluding ortho intramolecular Hbond substituents is 1. The molecule has 0 unspecified atom stereocenters. The second-order valence-corrected chi connectivity index (χ2v) is 5.71. The largest absolute Gasteiger partial charge is 0.507 e. The number of alkyl halides is 8. The van der Waals surface area contributed by atoms with Crippen molar-refractivity contribution < 1.29 is 54.5 Å². The van der Waals surface area contributed by atoms with Crippen molar-refractivity contribution in [1.82, 2.24) is 0 Å². The van der Waals surface area contributed by atoms with E-state index in [2.05, 4.69) is 4.74 Å². The lowest BCUT2D eigenvalue weighted by Crippen LogP contribution is -2.29. The van der Waals surface area contributed by atoms with Crippen molar-refractivity contribution in [1.29, 1.82) is 0 Å². The maximum absolute atomic E-state index is 12.9. The molecule has 0 amide bonds. The van der Waals surface area contributed by atoms with E-state index in [1.807, 2.05) is 0 Å². The molecule has 0 aliphatic heterocycles. The zero-order chi connectivity index (χ0) is 22.2. The molecule has 1 N–H and O–H groups in total. The third kappa shape index (κ3) is 5.48. The second-order valence-electron chi connectivity index (χ2n) is 5.71. The van der Waals surface area contributed by atoms with Gasteiger partial charge in [-0.25, -0.2) is 4.79 Å². The Hall–Kier alpha value is -3.05. The van der Waals surface area contributed by atoms with E-state index in [0.717, 1.165) is 24.3 Å². The molecule has 2 aromatic carbocycles. The van der Waals surface area contributed by atoms with Crippen molar-refractivity contribution in [3.63, 3.8) is 0 Å². The Morgan fingerprint density at radius 1 is 0.793 bits per heavy atom. The van der Waals surface area contributed by atoms with Crippen LogP contribution in [0, 0.1) is 0 Å². The smallest absolute Gasteiger partial charge is 0.420 e. The van der Waals surface area contributed by atoms with Gasteiger partial charge in [-0.15, -0.1) is 0 Å². The molecular weight excluding hydrogens is 420 g/mol. The molecule has 0 aromatic heterocycles. The molecule has 0 saturated heterocycles. The summed E-state index contributed by atoms with van der Waals surface area (Å²) in [6.45, 7) is 0.300. The van der Waals surface area contributed by atoms with E-state index < -0.39 is 46.9 Å². The van der Waals surface area contributed by atoms with Crippen LogP contribution in [0.15, 0.2) is 36.4 Å². The van der Waals surface area contributed by atoms with E-state index in [1.54, 1.807) is 0 Å². The van der Waals surface area contributed by atoms with Crippen LogP contribution < -0.4 is 9.47 Å². The Labute approximate surface area is 157 Å². The number of rotatable bonds is 4. The van der Waals surface area contributed by atoms with Gasteiger partial charge >= 0.3 is 24.2 Å². The molecule has 2 aromatic rings. The molecular formula is C17H10F8O4. The van der Waals surface area contributed by atoms with Crippen LogP contribution in [0.25, 0.3) is 0 Å². The number of aromatic hydroxyl groups is 1. The number of ether oxygens (including phenoxy) is 2. The maximum Gasteiger partial charge on any atom is 0.420 e. The summed E-state index contributed by atoms with van der Waals surface area (Å²) < 4.78 is 112. The number of benzene rings is 2. The molecule has 0 heterocycles. The summed E-state index contributed by atoms with van der Waals surface area (Å²) in [5, 5.41) is 9.33. The molecule has 0 fully saturated rings. The fourth-order valence-electron chi connectivity index (χ4n) is 2.01. The van der Waals surface area contributed by atoms with Crippen molar-refractivity contribution in [3.8, 4) is 23.0 Å². The van der Waals surface area contributed by atoms with Crippen LogP contribution in [0.3, 0.4) is 0 Å². The Bertz CT molecular complexity index is 861. The lowest BCUT2D eigenvalue weighted by molar-refractivity contribution is -0.158. The van der Waals surface area contributed by atoms with Gasteiger partial charge in [0.1, 0.15) is 34.1 Å². The molecule has 0 atom stereocenters. The summed E-state index contributed by atoms with van der Waals surface area (Å²) in [5.74, 6) is -9.19. The van der Waals surface area contributed by atoms with Crippen LogP contribution in [0.4, 0.5) is 35.1 Å². The summed E-state index contributed by atoms with van der Waals surface area (Å²) >= 11 is 0. The van der Waals surface area contributed by atoms with E-state index in [0.29, 0.717) is 6.92 Å². The molecule has 0 spiro atoms. The zero-order valence-corrected chi connectivity index (χ0v) is 14.2. The minimum absolute atomic E-state index is 0.163. The van der Waals surface area contributed by atoms with Crippen LogP contribution in [0.5, 0.6) is 23.0 Å². The number of esters is 1. The summed E-state index contributed by atoms with van der Waals surface area (Å²) in [4.78, 5) is 11.1. The summed E-state index contributed by atoms with van der Waals surface area (Å²) in [6.07, 6.45) is -10.6. The zero-order valence-electron chi connectivity index (χ0n) is 14.2. The number of hydrogen-bond donors (Lipinski definition) is 1. The molecule has 0 aliphatic carbocycles. The number of phenols is 1. The third-order valence-electron chi connectivity index (χ3n) is 3.32. The fourth-order valence-corrected chi connectivity index (χ4v) is 2.01. The van der Waals surface area contributed by atoms with Gasteiger partial charge in [0.05, 0.1) is 0 Å². The highest BCUT2D eigenvalue weighted by Crippen LogP contribution is 2.46. The first-order valence-electron chi connectivity index (χ1n) is 7.48. The van der Waals surface area contributed by atoms with Crippen LogP contribution >= 0.6 is 0 Å². The summed E-state index contributed by atoms with van der Waals surface area (Å²) in [5.41, 5.74) is -3.92. The highest BCUT2D eigenvalue weighted by molar-refractivity contribution is 5.79. The first kappa shape index (κ1) is 22.2. The van der Waals surface area contributed by atoms with E-state index in [1.165, 1.54) is 0 Å². The molecule has 0 saturated carbocycles. The minimum atomic E-state index is -5.30. The minimum Gasteiger partial charge on any atom is -0.507 e. The first-order chi connectivity index (χ1) is 13.1. The monoisotopic (exact) mass is 430 g/mol. The summed E-state index contributed by atoms with van der Waals surface area (Å²) in [7, 11) is 0. The molecule has 29 heavy (non-hydrogen) atoms. The van der Waals surface area contributed by atoms with E-state index in [-0.39, 0.29) is 23.6 Å². The third-order valence-corrected chi connectivity index (χ3v) is 3.32. The average Bonchev–Trinajstić information content (AvgIpc) is 2.55. The molecule has 0 bridgehead atoms. The SMILES string of the molecule is CC(F)(F)C(=O)Oc1ccc(Oc2cc(C(F)(F)F)c(O)c(C(F)(F)F)c2)cc1. The number of halogens is 8. The number of carbonyl (C=O) groups excluding carboxylic acids is 1. The molecule has 158 valence electrons. The standard InChI is InChI=1S/C17H10F8O4/c1-15(18,19)14(27)29-9-4-2-8(3-5-9)28-10-6-11(16(20,21)22)13(26)12(7-10)17(23,24)25/h2-7,26H,1H3. The Kier molecular flexibility index (Phi) is 5.68. The predicted molar refractivity (Wildman–Crippen MR) is 80.9 cm³/mol. The average molecular weight is 430 g/mol. The molecule has 0 aliphatic rings. The van der Waals surface area contributed by atoms with Gasteiger partial charge in [-0.3, -0.25) is 0 Å². The van der Waals surface area contributed by atoms with Gasteiger partial charge in [0.2, 0.25) is 0 Å². The van der Waals surface area contributed by atoms with E-state index in [4.69, 9.17) is 4.74 Å². The fraction of sp³-hybridized carbons (Fsp3) is 0.235. The Morgan fingerprint density at radius 2 is 1.21 bits per heavy atom. The lowest BCUT2D eigenvalue weighted by atomic mass is 10.1. The van der Waals surface area contributed by atoms with Crippen LogP contribution in [-0.2, 0) is 17.1 Å². The van der Waals surface area contributed by atoms with Crippen molar-refractivity contribution in [2.24, 2.45) is 0 Å². The maximum atomic E-state index is 12.9. The second kappa shape index (κ2) is 7.41. The number of carbonyl (C=O) groups is 1. The van der Waals surface area contributed by atoms with Gasteiger partial charge in [-0.1, -0.05) is 0 Å². The number of hydrogen-bond acceptors (Lipinski definition) is 4. The van der Waals surface area contributed by atoms with Crippen molar-refractivity contribution >= 4 is 5.97 Å². The molecule has 0 radical (unpaired) electrons. The van der Waals surface area contributed by atoms with Gasteiger partial charge in [-0.05, 0) is 36.4 Å². The molecule has 4 nitrogen and oxygen atoms in total.